The van der Waals surface area contributed by atoms with Gasteiger partial charge in [-0.1, -0.05) is 0 Å². The lowest BCUT2D eigenvalue weighted by molar-refractivity contribution is 0.834. The summed E-state index contributed by atoms with van der Waals surface area (Å²) in [6.45, 7) is 1.06. The van der Waals surface area contributed by atoms with E-state index in [1.165, 1.54) is 31.4 Å². The van der Waals surface area contributed by atoms with Crippen LogP contribution in [-0.2, 0) is 0 Å². The summed E-state index contributed by atoms with van der Waals surface area (Å²) in [5.41, 5.74) is 0. The van der Waals surface area contributed by atoms with Crippen LogP contribution in [0.2, 0.25) is 0 Å². The average Bonchev–Trinajstić information content (AvgIpc) is 3.30. The van der Waals surface area contributed by atoms with E-state index in [0.29, 0.717) is 12.0 Å². The maximum Gasteiger partial charge on any atom is 0.231 e. The van der Waals surface area contributed by atoms with Crippen LogP contribution in [0.15, 0.2) is 0 Å². The molecule has 1 saturated heterocycles. The lowest BCUT2D eigenvalue weighted by Gasteiger charge is -2.16. The fourth-order valence-electron chi connectivity index (χ4n) is 2.09. The van der Waals surface area contributed by atoms with Crippen molar-refractivity contribution in [1.29, 1.82) is 0 Å². The van der Waals surface area contributed by atoms with Crippen LogP contribution in [0, 0.1) is 0 Å². The SMILES string of the molecule is C1CN(c2nc(NC3CC3)nc(C3CC3)n2)CS1. The molecule has 96 valence electrons. The summed E-state index contributed by atoms with van der Waals surface area (Å²) in [7, 11) is 0. The van der Waals surface area contributed by atoms with Gasteiger partial charge in [0.2, 0.25) is 11.9 Å². The molecule has 2 aliphatic carbocycles. The lowest BCUT2D eigenvalue weighted by Crippen LogP contribution is -2.22. The van der Waals surface area contributed by atoms with Gasteiger partial charge >= 0.3 is 0 Å². The molecule has 4 rings (SSSR count). The molecule has 3 aliphatic rings. The Labute approximate surface area is 111 Å². The van der Waals surface area contributed by atoms with Gasteiger partial charge in [-0.2, -0.15) is 15.0 Å². The van der Waals surface area contributed by atoms with Crippen molar-refractivity contribution in [2.75, 3.05) is 28.4 Å². The van der Waals surface area contributed by atoms with Gasteiger partial charge in [0, 0.05) is 24.3 Å². The van der Waals surface area contributed by atoms with Crippen LogP contribution < -0.4 is 10.2 Å². The van der Waals surface area contributed by atoms with E-state index in [1.807, 2.05) is 11.8 Å². The van der Waals surface area contributed by atoms with Gasteiger partial charge in [0.25, 0.3) is 0 Å². The monoisotopic (exact) mass is 263 g/mol. The van der Waals surface area contributed by atoms with E-state index in [2.05, 4.69) is 25.2 Å². The summed E-state index contributed by atoms with van der Waals surface area (Å²) in [6.07, 6.45) is 4.97. The molecule has 1 aliphatic heterocycles. The normalized spacial score (nSPS) is 23.4. The van der Waals surface area contributed by atoms with Gasteiger partial charge in [0.05, 0.1) is 5.88 Å². The zero-order valence-corrected chi connectivity index (χ0v) is 11.1. The third kappa shape index (κ3) is 2.25. The van der Waals surface area contributed by atoms with Crippen LogP contribution in [0.25, 0.3) is 0 Å². The first kappa shape index (κ1) is 10.8. The second-order valence-corrected chi connectivity index (χ2v) is 6.39. The minimum absolute atomic E-state index is 0.585. The largest absolute Gasteiger partial charge is 0.351 e. The Morgan fingerprint density at radius 2 is 2.00 bits per heavy atom. The number of hydrogen-bond donors (Lipinski definition) is 1. The van der Waals surface area contributed by atoms with E-state index >= 15 is 0 Å². The van der Waals surface area contributed by atoms with Crippen molar-refractivity contribution >= 4 is 23.7 Å². The van der Waals surface area contributed by atoms with Gasteiger partial charge in [-0.3, -0.25) is 0 Å². The van der Waals surface area contributed by atoms with Crippen molar-refractivity contribution in [1.82, 2.24) is 15.0 Å². The number of hydrogen-bond acceptors (Lipinski definition) is 6. The third-order valence-corrected chi connectivity index (χ3v) is 4.49. The summed E-state index contributed by atoms with van der Waals surface area (Å²) in [5, 5.41) is 3.41. The smallest absolute Gasteiger partial charge is 0.231 e. The maximum absolute atomic E-state index is 4.66. The quantitative estimate of drug-likeness (QED) is 0.894. The Kier molecular flexibility index (Phi) is 2.57. The molecule has 0 bridgehead atoms. The van der Waals surface area contributed by atoms with E-state index in [0.717, 1.165) is 30.1 Å². The van der Waals surface area contributed by atoms with Crippen LogP contribution in [0.4, 0.5) is 11.9 Å². The maximum atomic E-state index is 4.66. The Morgan fingerprint density at radius 1 is 1.11 bits per heavy atom. The van der Waals surface area contributed by atoms with Crippen LogP contribution in [-0.4, -0.2) is 39.2 Å². The molecule has 1 aromatic rings. The molecule has 0 spiro atoms. The summed E-state index contributed by atoms with van der Waals surface area (Å²) >= 11 is 1.94. The molecule has 2 heterocycles. The average molecular weight is 263 g/mol. The summed E-state index contributed by atoms with van der Waals surface area (Å²) in [4.78, 5) is 16.1. The molecule has 3 fully saturated rings. The first-order valence-corrected chi connectivity index (χ1v) is 7.89. The van der Waals surface area contributed by atoms with E-state index in [4.69, 9.17) is 0 Å². The van der Waals surface area contributed by atoms with Gasteiger partial charge < -0.3 is 10.2 Å². The summed E-state index contributed by atoms with van der Waals surface area (Å²) in [5.74, 6) is 5.44. The number of aromatic nitrogens is 3. The van der Waals surface area contributed by atoms with Crippen LogP contribution >= 0.6 is 11.8 Å². The predicted molar refractivity (Wildman–Crippen MR) is 73.1 cm³/mol. The third-order valence-electron chi connectivity index (χ3n) is 3.53. The van der Waals surface area contributed by atoms with E-state index in [9.17, 15) is 0 Å². The molecule has 6 heteroatoms. The van der Waals surface area contributed by atoms with Gasteiger partial charge in [0.15, 0.2) is 0 Å². The van der Waals surface area contributed by atoms with Crippen LogP contribution in [0.3, 0.4) is 0 Å². The van der Waals surface area contributed by atoms with Crippen molar-refractivity contribution in [3.8, 4) is 0 Å². The first-order valence-electron chi connectivity index (χ1n) is 6.74. The van der Waals surface area contributed by atoms with Crippen LogP contribution in [0.1, 0.15) is 37.4 Å². The first-order chi connectivity index (χ1) is 8.88. The molecule has 2 saturated carbocycles. The number of nitrogens with one attached hydrogen (secondary N) is 1. The lowest BCUT2D eigenvalue weighted by atomic mass is 10.4. The van der Waals surface area contributed by atoms with Crippen molar-refractivity contribution in [3.05, 3.63) is 5.82 Å². The molecule has 0 aromatic carbocycles. The Hall–Kier alpha value is -1.04. The fraction of sp³-hybridized carbons (Fsp3) is 0.750. The van der Waals surface area contributed by atoms with Crippen molar-refractivity contribution in [3.63, 3.8) is 0 Å². The van der Waals surface area contributed by atoms with E-state index < -0.39 is 0 Å². The molecular weight excluding hydrogens is 246 g/mol. The highest BCUT2D eigenvalue weighted by molar-refractivity contribution is 7.99. The summed E-state index contributed by atoms with van der Waals surface area (Å²) < 4.78 is 0. The zero-order chi connectivity index (χ0) is 11.9. The summed E-state index contributed by atoms with van der Waals surface area (Å²) in [6, 6.07) is 0.597. The van der Waals surface area contributed by atoms with Gasteiger partial charge in [-0.15, -0.1) is 11.8 Å². The number of thioether (sulfide) groups is 1. The van der Waals surface area contributed by atoms with Gasteiger partial charge in [0.1, 0.15) is 5.82 Å². The van der Waals surface area contributed by atoms with E-state index in [1.54, 1.807) is 0 Å². The second-order valence-electron chi connectivity index (χ2n) is 5.31. The van der Waals surface area contributed by atoms with Crippen molar-refractivity contribution in [2.24, 2.45) is 0 Å². The van der Waals surface area contributed by atoms with E-state index in [-0.39, 0.29) is 0 Å². The topological polar surface area (TPSA) is 53.9 Å². The molecule has 1 aromatic heterocycles. The standard InChI is InChI=1S/C12H17N5S/c1-2-8(1)10-14-11(13-9-3-4-9)16-12(15-10)17-5-6-18-7-17/h8-9H,1-7H2,(H,13,14,15,16). The molecular formula is C12H17N5S. The molecule has 5 nitrogen and oxygen atoms in total. The number of nitrogens with zero attached hydrogens (tertiary/aromatic N) is 4. The second kappa shape index (κ2) is 4.26. The zero-order valence-electron chi connectivity index (χ0n) is 10.3. The van der Waals surface area contributed by atoms with Gasteiger partial charge in [-0.25, -0.2) is 0 Å². The molecule has 18 heavy (non-hydrogen) atoms. The molecule has 0 atom stereocenters. The molecule has 0 radical (unpaired) electrons. The number of rotatable bonds is 4. The molecule has 1 N–H and O–H groups in total. The minimum Gasteiger partial charge on any atom is -0.351 e. The Balaban J connectivity index is 1.63. The number of anilines is 2. The van der Waals surface area contributed by atoms with Crippen molar-refractivity contribution in [2.45, 2.75) is 37.6 Å². The highest BCUT2D eigenvalue weighted by Gasteiger charge is 2.30. The minimum atomic E-state index is 0.585. The van der Waals surface area contributed by atoms with Gasteiger partial charge in [-0.05, 0) is 25.7 Å². The molecule has 0 amide bonds. The predicted octanol–water partition coefficient (Wildman–Crippen LogP) is 1.83. The highest BCUT2D eigenvalue weighted by atomic mass is 32.2. The molecule has 0 unspecified atom stereocenters. The Morgan fingerprint density at radius 3 is 2.67 bits per heavy atom. The Bertz CT molecular complexity index is 452. The van der Waals surface area contributed by atoms with Crippen molar-refractivity contribution < 1.29 is 0 Å². The fourth-order valence-corrected chi connectivity index (χ4v) is 3.04. The van der Waals surface area contributed by atoms with Crippen LogP contribution in [0.5, 0.6) is 0 Å². The highest BCUT2D eigenvalue weighted by Crippen LogP contribution is 2.39.